The number of aliphatic hydroxyl groups is 1. The van der Waals surface area contributed by atoms with E-state index in [1.807, 2.05) is 7.05 Å². The minimum atomic E-state index is -0.113. The first kappa shape index (κ1) is 27.3. The molecule has 2 saturated heterocycles. The summed E-state index contributed by atoms with van der Waals surface area (Å²) in [6, 6.07) is 9.28. The van der Waals surface area contributed by atoms with Gasteiger partial charge in [-0.3, -0.25) is 14.8 Å². The van der Waals surface area contributed by atoms with Crippen molar-refractivity contribution in [3.8, 4) is 0 Å². The Labute approximate surface area is 211 Å². The number of nitrogens with zero attached hydrogens (tertiary/aromatic N) is 3. The molecule has 1 aromatic carbocycles. The van der Waals surface area contributed by atoms with Gasteiger partial charge in [-0.25, -0.2) is 0 Å². The van der Waals surface area contributed by atoms with Crippen LogP contribution < -0.4 is 10.6 Å². The summed E-state index contributed by atoms with van der Waals surface area (Å²) >= 11 is 0. The van der Waals surface area contributed by atoms with Crippen LogP contribution in [0.5, 0.6) is 0 Å². The van der Waals surface area contributed by atoms with Crippen LogP contribution in [0.15, 0.2) is 29.3 Å². The largest absolute Gasteiger partial charge is 0.393 e. The number of guanidine groups is 1. The van der Waals surface area contributed by atoms with Crippen LogP contribution in [0, 0.1) is 5.92 Å². The molecule has 0 aromatic heterocycles. The van der Waals surface area contributed by atoms with Crippen LogP contribution in [-0.4, -0.2) is 86.0 Å². The molecule has 1 atom stereocenters. The first-order valence-electron chi connectivity index (χ1n) is 11.8. The molecule has 0 radical (unpaired) electrons. The average Bonchev–Trinajstić information content (AvgIpc) is 2.79. The summed E-state index contributed by atoms with van der Waals surface area (Å²) in [4.78, 5) is 9.35. The Kier molecular flexibility index (Phi) is 12.2. The third-order valence-electron chi connectivity index (χ3n) is 6.43. The van der Waals surface area contributed by atoms with Gasteiger partial charge in [0.15, 0.2) is 5.96 Å². The van der Waals surface area contributed by atoms with Crippen LogP contribution in [0.2, 0.25) is 0 Å². The Morgan fingerprint density at radius 3 is 2.28 bits per heavy atom. The second kappa shape index (κ2) is 14.3. The molecule has 2 aliphatic heterocycles. The van der Waals surface area contributed by atoms with Crippen LogP contribution in [-0.2, 0) is 17.8 Å². The number of hydrogen-bond donors (Lipinski definition) is 3. The Bertz CT molecular complexity index is 671. The normalized spacial score (nSPS) is 20.1. The lowest BCUT2D eigenvalue weighted by atomic mass is 10.0. The number of aliphatic imine (C=N–C) groups is 1. The lowest BCUT2D eigenvalue weighted by molar-refractivity contribution is 0.00752. The smallest absolute Gasteiger partial charge is 0.191 e. The predicted molar refractivity (Wildman–Crippen MR) is 142 cm³/mol. The molecular formula is C24H42IN5O2. The minimum Gasteiger partial charge on any atom is -0.393 e. The summed E-state index contributed by atoms with van der Waals surface area (Å²) in [5.41, 5.74) is 2.57. The van der Waals surface area contributed by atoms with Crippen molar-refractivity contribution in [1.29, 1.82) is 0 Å². The maximum atomic E-state index is 9.66. The van der Waals surface area contributed by atoms with Gasteiger partial charge in [-0.05, 0) is 29.9 Å². The van der Waals surface area contributed by atoms with Crippen molar-refractivity contribution in [2.75, 3.05) is 53.0 Å². The molecule has 3 N–H and O–H groups in total. The van der Waals surface area contributed by atoms with Gasteiger partial charge < -0.3 is 20.5 Å². The number of piperidine rings is 1. The molecule has 1 aromatic rings. The minimum absolute atomic E-state index is 0. The first-order chi connectivity index (χ1) is 15.0. The van der Waals surface area contributed by atoms with Crippen LogP contribution in [0.4, 0.5) is 0 Å². The molecule has 2 heterocycles. The second-order valence-electron chi connectivity index (χ2n) is 9.09. The molecule has 8 heteroatoms. The van der Waals surface area contributed by atoms with E-state index in [4.69, 9.17) is 4.74 Å². The van der Waals surface area contributed by atoms with Gasteiger partial charge >= 0.3 is 0 Å². The third-order valence-corrected chi connectivity index (χ3v) is 6.43. The molecule has 32 heavy (non-hydrogen) atoms. The number of halogens is 1. The number of likely N-dealkylation sites (tertiary alicyclic amines) is 1. The molecule has 1 unspecified atom stereocenters. The van der Waals surface area contributed by atoms with E-state index >= 15 is 0 Å². The topological polar surface area (TPSA) is 72.4 Å². The van der Waals surface area contributed by atoms with Crippen LogP contribution in [0.3, 0.4) is 0 Å². The Morgan fingerprint density at radius 2 is 1.69 bits per heavy atom. The Hall–Kier alpha value is -0.940. The van der Waals surface area contributed by atoms with Gasteiger partial charge in [0.05, 0.1) is 19.3 Å². The lowest BCUT2D eigenvalue weighted by Gasteiger charge is -2.37. The SMILES string of the molecule is CN=C(NCc1ccc(CN2CCC(O)CC2)cc1)NCC(C(C)C)N1CCOCC1.I. The summed E-state index contributed by atoms with van der Waals surface area (Å²) < 4.78 is 5.51. The molecule has 0 bridgehead atoms. The number of benzene rings is 1. The fourth-order valence-corrected chi connectivity index (χ4v) is 4.40. The molecule has 2 fully saturated rings. The number of nitrogens with one attached hydrogen (secondary N) is 2. The van der Waals surface area contributed by atoms with Gasteiger partial charge in [-0.15, -0.1) is 24.0 Å². The summed E-state index contributed by atoms with van der Waals surface area (Å²) in [5, 5.41) is 16.6. The van der Waals surface area contributed by atoms with Gasteiger partial charge in [-0.1, -0.05) is 38.1 Å². The molecule has 3 rings (SSSR count). The highest BCUT2D eigenvalue weighted by Crippen LogP contribution is 2.15. The highest BCUT2D eigenvalue weighted by atomic mass is 127. The monoisotopic (exact) mass is 559 g/mol. The van der Waals surface area contributed by atoms with Crippen molar-refractivity contribution in [3.63, 3.8) is 0 Å². The zero-order chi connectivity index (χ0) is 22.1. The molecule has 182 valence electrons. The summed E-state index contributed by atoms with van der Waals surface area (Å²) in [5.74, 6) is 1.41. The second-order valence-corrected chi connectivity index (χ2v) is 9.09. The average molecular weight is 560 g/mol. The predicted octanol–water partition coefficient (Wildman–Crippen LogP) is 2.28. The van der Waals surface area contributed by atoms with Gasteiger partial charge in [-0.2, -0.15) is 0 Å². The van der Waals surface area contributed by atoms with Crippen LogP contribution >= 0.6 is 24.0 Å². The lowest BCUT2D eigenvalue weighted by Crippen LogP contribution is -2.52. The number of hydrogen-bond acceptors (Lipinski definition) is 5. The van der Waals surface area contributed by atoms with E-state index in [0.717, 1.165) is 77.8 Å². The fourth-order valence-electron chi connectivity index (χ4n) is 4.40. The van der Waals surface area contributed by atoms with Crippen molar-refractivity contribution in [1.82, 2.24) is 20.4 Å². The van der Waals surface area contributed by atoms with Gasteiger partial charge in [0.25, 0.3) is 0 Å². The van der Waals surface area contributed by atoms with Crippen molar-refractivity contribution >= 4 is 29.9 Å². The molecular weight excluding hydrogens is 517 g/mol. The number of ether oxygens (including phenoxy) is 1. The van der Waals surface area contributed by atoms with E-state index in [-0.39, 0.29) is 30.1 Å². The molecule has 0 spiro atoms. The molecule has 7 nitrogen and oxygen atoms in total. The summed E-state index contributed by atoms with van der Waals surface area (Å²) in [6.07, 6.45) is 1.66. The highest BCUT2D eigenvalue weighted by molar-refractivity contribution is 14.0. The summed E-state index contributed by atoms with van der Waals surface area (Å²) in [6.45, 7) is 12.8. The fraction of sp³-hybridized carbons (Fsp3) is 0.708. The van der Waals surface area contributed by atoms with Crippen LogP contribution in [0.25, 0.3) is 0 Å². The molecule has 0 saturated carbocycles. The van der Waals surface area contributed by atoms with E-state index < -0.39 is 0 Å². The molecule has 0 aliphatic carbocycles. The number of rotatable bonds is 8. The first-order valence-corrected chi connectivity index (χ1v) is 11.8. The van der Waals surface area contributed by atoms with E-state index in [2.05, 4.69) is 63.5 Å². The van der Waals surface area contributed by atoms with E-state index in [0.29, 0.717) is 12.0 Å². The molecule has 2 aliphatic rings. The highest BCUT2D eigenvalue weighted by Gasteiger charge is 2.24. The van der Waals surface area contributed by atoms with E-state index in [1.54, 1.807) is 0 Å². The molecule has 0 amide bonds. The van der Waals surface area contributed by atoms with Crippen molar-refractivity contribution < 1.29 is 9.84 Å². The van der Waals surface area contributed by atoms with Crippen molar-refractivity contribution in [3.05, 3.63) is 35.4 Å². The number of morpholine rings is 1. The maximum Gasteiger partial charge on any atom is 0.191 e. The third kappa shape index (κ3) is 8.78. The summed E-state index contributed by atoms with van der Waals surface area (Å²) in [7, 11) is 1.83. The zero-order valence-electron chi connectivity index (χ0n) is 19.9. The van der Waals surface area contributed by atoms with Crippen molar-refractivity contribution in [2.24, 2.45) is 10.9 Å². The van der Waals surface area contributed by atoms with Crippen molar-refractivity contribution in [2.45, 2.75) is 51.9 Å². The van der Waals surface area contributed by atoms with E-state index in [1.165, 1.54) is 11.1 Å². The quantitative estimate of drug-likeness (QED) is 0.258. The van der Waals surface area contributed by atoms with Crippen LogP contribution in [0.1, 0.15) is 37.8 Å². The van der Waals surface area contributed by atoms with Gasteiger partial charge in [0, 0.05) is 58.9 Å². The van der Waals surface area contributed by atoms with E-state index in [9.17, 15) is 5.11 Å². The zero-order valence-corrected chi connectivity index (χ0v) is 22.3. The Balaban J connectivity index is 0.00000363. The van der Waals surface area contributed by atoms with Gasteiger partial charge in [0.2, 0.25) is 0 Å². The number of aliphatic hydroxyl groups excluding tert-OH is 1. The Morgan fingerprint density at radius 1 is 1.06 bits per heavy atom. The van der Waals surface area contributed by atoms with Gasteiger partial charge in [0.1, 0.15) is 0 Å². The standard InChI is InChI=1S/C24H41N5O2.HI/c1-19(2)23(29-12-14-31-15-13-29)17-27-24(25-3)26-16-20-4-6-21(7-5-20)18-28-10-8-22(30)9-11-28;/h4-7,19,22-23,30H,8-18H2,1-3H3,(H2,25,26,27);1H. The maximum absolute atomic E-state index is 9.66.